The maximum atomic E-state index is 14.0. The predicted molar refractivity (Wildman–Crippen MR) is 121 cm³/mol. The van der Waals surface area contributed by atoms with Crippen molar-refractivity contribution >= 4 is 22.9 Å². The van der Waals surface area contributed by atoms with Crippen molar-refractivity contribution in [3.63, 3.8) is 0 Å². The lowest BCUT2D eigenvalue weighted by atomic mass is 10.0. The van der Waals surface area contributed by atoms with Crippen molar-refractivity contribution in [3.8, 4) is 5.75 Å². The fraction of sp³-hybridized carbons (Fsp3) is 0.261. The molecule has 1 amide bonds. The molecule has 4 aromatic rings. The highest BCUT2D eigenvalue weighted by Crippen LogP contribution is 2.27. The van der Waals surface area contributed by atoms with Crippen molar-refractivity contribution in [1.29, 1.82) is 0 Å². The largest absolute Gasteiger partial charge is 0.485 e. The van der Waals surface area contributed by atoms with Crippen molar-refractivity contribution in [2.45, 2.75) is 32.6 Å². The normalized spacial score (nSPS) is 13.1. The smallest absolute Gasteiger partial charge is 0.271 e. The van der Waals surface area contributed by atoms with Crippen molar-refractivity contribution in [1.82, 2.24) is 19.7 Å². The molecule has 0 radical (unpaired) electrons. The molecule has 1 aromatic carbocycles. The summed E-state index contributed by atoms with van der Waals surface area (Å²) in [5.41, 5.74) is -0.0767. The lowest BCUT2D eigenvalue weighted by molar-refractivity contribution is 0.0842. The molecule has 3 aromatic heterocycles. The van der Waals surface area contributed by atoms with Gasteiger partial charge in [0.05, 0.1) is 30.2 Å². The predicted octanol–water partition coefficient (Wildman–Crippen LogP) is 3.09. The first-order valence-electron chi connectivity index (χ1n) is 10.3. The van der Waals surface area contributed by atoms with Crippen molar-refractivity contribution in [3.05, 3.63) is 81.2 Å². The second kappa shape index (κ2) is 9.45. The average Bonchev–Trinajstić information content (AvgIpc) is 3.43. The Morgan fingerprint density at radius 3 is 2.59 bits per heavy atom. The summed E-state index contributed by atoms with van der Waals surface area (Å²) in [6, 6.07) is 6.78. The quantitative estimate of drug-likeness (QED) is 0.352. The molecule has 1 atom stereocenters. The highest BCUT2D eigenvalue weighted by atomic mass is 32.1. The topological polar surface area (TPSA) is 109 Å². The lowest BCUT2D eigenvalue weighted by Gasteiger charge is -2.26. The molecule has 0 bridgehead atoms. The molecule has 178 valence electrons. The molecule has 0 saturated carbocycles. The summed E-state index contributed by atoms with van der Waals surface area (Å²) in [6.07, 6.45) is 1.62. The van der Waals surface area contributed by atoms with Crippen LogP contribution in [0.3, 0.4) is 0 Å². The van der Waals surface area contributed by atoms with E-state index in [1.807, 2.05) is 0 Å². The molecule has 0 saturated heterocycles. The third kappa shape index (κ3) is 4.37. The van der Waals surface area contributed by atoms with Gasteiger partial charge in [0.1, 0.15) is 34.5 Å². The Morgan fingerprint density at radius 2 is 1.94 bits per heavy atom. The summed E-state index contributed by atoms with van der Waals surface area (Å²) in [5, 5.41) is 24.2. The number of nitrogens with one attached hydrogen (secondary N) is 1. The number of carbonyl (C=O) groups excluding carboxylic acids is 1. The van der Waals surface area contributed by atoms with Crippen molar-refractivity contribution in [2.24, 2.45) is 0 Å². The molecule has 3 N–H and O–H groups in total. The van der Waals surface area contributed by atoms with Gasteiger partial charge in [0, 0.05) is 11.6 Å². The first-order chi connectivity index (χ1) is 16.3. The SMILES string of the molecule is Cc1nc2c(OCc3c(F)cccc3F)cccn2c1C(=O)N[C@@](C)(CO)c1nc(CO)cs1. The minimum atomic E-state index is -1.19. The minimum absolute atomic E-state index is 0.205. The number of benzene rings is 1. The summed E-state index contributed by atoms with van der Waals surface area (Å²) in [6.45, 7) is 2.24. The summed E-state index contributed by atoms with van der Waals surface area (Å²) in [4.78, 5) is 21.9. The van der Waals surface area contributed by atoms with Gasteiger partial charge in [-0.2, -0.15) is 0 Å². The second-order valence-electron chi connectivity index (χ2n) is 7.85. The monoisotopic (exact) mass is 488 g/mol. The Morgan fingerprint density at radius 1 is 1.21 bits per heavy atom. The number of hydrogen-bond donors (Lipinski definition) is 3. The first kappa shape index (κ1) is 23.7. The highest BCUT2D eigenvalue weighted by molar-refractivity contribution is 7.09. The number of aliphatic hydroxyl groups excluding tert-OH is 2. The maximum Gasteiger partial charge on any atom is 0.271 e. The second-order valence-corrected chi connectivity index (χ2v) is 8.71. The zero-order valence-electron chi connectivity index (χ0n) is 18.4. The molecule has 11 heteroatoms. The van der Waals surface area contributed by atoms with Crippen LogP contribution >= 0.6 is 11.3 Å². The minimum Gasteiger partial charge on any atom is -0.485 e. The van der Waals surface area contributed by atoms with Gasteiger partial charge in [-0.05, 0) is 38.1 Å². The number of aliphatic hydroxyl groups is 2. The van der Waals surface area contributed by atoms with E-state index in [0.717, 1.165) is 12.1 Å². The van der Waals surface area contributed by atoms with Crippen LogP contribution in [0.25, 0.3) is 5.65 Å². The third-order valence-corrected chi connectivity index (χ3v) is 6.48. The van der Waals surface area contributed by atoms with Crippen LogP contribution in [-0.2, 0) is 18.8 Å². The summed E-state index contributed by atoms with van der Waals surface area (Å²) in [7, 11) is 0. The Hall–Kier alpha value is -3.41. The molecule has 0 spiro atoms. The molecule has 0 fully saturated rings. The van der Waals surface area contributed by atoms with Crippen molar-refractivity contribution in [2.75, 3.05) is 6.61 Å². The molecule has 0 unspecified atom stereocenters. The number of carbonyl (C=O) groups is 1. The van der Waals surface area contributed by atoms with Gasteiger partial charge >= 0.3 is 0 Å². The van der Waals surface area contributed by atoms with Crippen LogP contribution in [0.5, 0.6) is 5.75 Å². The van der Waals surface area contributed by atoms with Gasteiger partial charge in [-0.15, -0.1) is 11.3 Å². The Bertz CT molecular complexity index is 1340. The van der Waals surface area contributed by atoms with E-state index in [4.69, 9.17) is 4.74 Å². The molecule has 8 nitrogen and oxygen atoms in total. The van der Waals surface area contributed by atoms with Gasteiger partial charge in [-0.1, -0.05) is 6.07 Å². The number of thiazole rings is 1. The number of fused-ring (bicyclic) bond motifs is 1. The summed E-state index contributed by atoms with van der Waals surface area (Å²) in [5.74, 6) is -1.72. The number of aromatic nitrogens is 3. The fourth-order valence-electron chi connectivity index (χ4n) is 3.47. The number of halogens is 2. The summed E-state index contributed by atoms with van der Waals surface area (Å²) < 4.78 is 35.1. The molecule has 3 heterocycles. The van der Waals surface area contributed by atoms with E-state index in [9.17, 15) is 23.8 Å². The van der Waals surface area contributed by atoms with E-state index in [-0.39, 0.29) is 30.2 Å². The van der Waals surface area contributed by atoms with Gasteiger partial charge in [-0.25, -0.2) is 18.7 Å². The standard InChI is InChI=1S/C23H22F2N4O4S/c1-13-19(21(32)28-23(2,12-31)22-27-14(9-30)11-34-22)29-8-4-7-18(20(29)26-13)33-10-15-16(24)5-3-6-17(15)25/h3-8,11,30-31H,9-10,12H2,1-2H3,(H,28,32)/t23-/m0/s1. The summed E-state index contributed by atoms with van der Waals surface area (Å²) >= 11 is 1.21. The van der Waals surface area contributed by atoms with Gasteiger partial charge in [-0.3, -0.25) is 9.20 Å². The van der Waals surface area contributed by atoms with Crippen LogP contribution < -0.4 is 10.1 Å². The molecule has 0 aliphatic heterocycles. The molecular formula is C23H22F2N4O4S. The van der Waals surface area contributed by atoms with Crippen LogP contribution in [-0.4, -0.2) is 37.1 Å². The van der Waals surface area contributed by atoms with Crippen LogP contribution in [0.15, 0.2) is 41.9 Å². The molecule has 0 aliphatic carbocycles. The van der Waals surface area contributed by atoms with Gasteiger partial charge in [0.25, 0.3) is 5.91 Å². The Balaban J connectivity index is 1.63. The zero-order chi connectivity index (χ0) is 24.5. The van der Waals surface area contributed by atoms with Crippen LogP contribution in [0, 0.1) is 18.6 Å². The number of nitrogens with zero attached hydrogens (tertiary/aromatic N) is 3. The van der Waals surface area contributed by atoms with E-state index in [0.29, 0.717) is 22.0 Å². The third-order valence-electron chi connectivity index (χ3n) is 5.33. The molecule has 4 rings (SSSR count). The number of amides is 1. The van der Waals surface area contributed by atoms with Crippen LogP contribution in [0.2, 0.25) is 0 Å². The average molecular weight is 489 g/mol. The van der Waals surface area contributed by atoms with Gasteiger partial charge in [0.15, 0.2) is 11.4 Å². The molecule has 0 aliphatic rings. The zero-order valence-corrected chi connectivity index (χ0v) is 19.2. The van der Waals surface area contributed by atoms with E-state index in [1.165, 1.54) is 21.8 Å². The van der Waals surface area contributed by atoms with E-state index < -0.39 is 29.7 Å². The van der Waals surface area contributed by atoms with E-state index in [2.05, 4.69) is 15.3 Å². The number of ether oxygens (including phenoxy) is 1. The highest BCUT2D eigenvalue weighted by Gasteiger charge is 2.33. The van der Waals surface area contributed by atoms with Crippen LogP contribution in [0.1, 0.15) is 39.4 Å². The Labute approximate surface area is 197 Å². The number of hydrogen-bond acceptors (Lipinski definition) is 7. The van der Waals surface area contributed by atoms with Gasteiger partial charge in [0.2, 0.25) is 0 Å². The molecular weight excluding hydrogens is 466 g/mol. The lowest BCUT2D eigenvalue weighted by Crippen LogP contribution is -2.46. The number of imidazole rings is 1. The fourth-order valence-corrected chi connectivity index (χ4v) is 4.39. The molecule has 34 heavy (non-hydrogen) atoms. The van der Waals surface area contributed by atoms with E-state index in [1.54, 1.807) is 37.6 Å². The number of rotatable bonds is 8. The first-order valence-corrected chi connectivity index (χ1v) is 11.2. The van der Waals surface area contributed by atoms with Gasteiger partial charge < -0.3 is 20.3 Å². The Kier molecular flexibility index (Phi) is 6.60. The number of pyridine rings is 1. The number of aryl methyl sites for hydroxylation is 1. The van der Waals surface area contributed by atoms with E-state index >= 15 is 0 Å². The van der Waals surface area contributed by atoms with Crippen molar-refractivity contribution < 1.29 is 28.5 Å². The van der Waals surface area contributed by atoms with Crippen LogP contribution in [0.4, 0.5) is 8.78 Å². The maximum absolute atomic E-state index is 14.0.